The van der Waals surface area contributed by atoms with Crippen molar-refractivity contribution in [3.8, 4) is 11.5 Å². The maximum absolute atomic E-state index is 11.9. The van der Waals surface area contributed by atoms with Crippen LogP contribution >= 0.6 is 28.1 Å². The third-order valence-corrected chi connectivity index (χ3v) is 3.30. The number of carbonyl (C=O) groups is 1. The molecule has 0 radical (unpaired) electrons. The van der Waals surface area contributed by atoms with Crippen LogP contribution in [0.5, 0.6) is 11.5 Å². The van der Waals surface area contributed by atoms with Crippen molar-refractivity contribution < 1.29 is 18.7 Å². The number of hydrogen-bond donors (Lipinski definition) is 2. The molecule has 8 heteroatoms. The molecule has 1 heterocycles. The molecule has 2 aromatic rings. The molecular formula is C14H13BrN2O4S. The van der Waals surface area contributed by atoms with Crippen molar-refractivity contribution >= 4 is 44.9 Å². The van der Waals surface area contributed by atoms with E-state index in [4.69, 9.17) is 26.1 Å². The summed E-state index contributed by atoms with van der Waals surface area (Å²) >= 11 is 8.22. The van der Waals surface area contributed by atoms with Crippen LogP contribution in [-0.4, -0.2) is 25.2 Å². The highest BCUT2D eigenvalue weighted by molar-refractivity contribution is 9.10. The summed E-state index contributed by atoms with van der Waals surface area (Å²) in [5.74, 6) is 0.868. The van der Waals surface area contributed by atoms with E-state index in [2.05, 4.69) is 26.6 Å². The van der Waals surface area contributed by atoms with Crippen LogP contribution in [0.25, 0.3) is 0 Å². The number of benzene rings is 1. The molecule has 1 amide bonds. The first kappa shape index (κ1) is 16.3. The van der Waals surface area contributed by atoms with Crippen LogP contribution in [0.2, 0.25) is 0 Å². The Morgan fingerprint density at radius 1 is 1.18 bits per heavy atom. The van der Waals surface area contributed by atoms with Crippen molar-refractivity contribution in [3.05, 3.63) is 40.8 Å². The van der Waals surface area contributed by atoms with Crippen LogP contribution in [0.1, 0.15) is 10.6 Å². The van der Waals surface area contributed by atoms with Crippen LogP contribution < -0.4 is 20.1 Å². The van der Waals surface area contributed by atoms with Gasteiger partial charge in [-0.3, -0.25) is 10.1 Å². The standard InChI is InChI=1S/C14H13BrN2O4S/c1-19-9-4-3-8(7-11(9)20-2)16-14(22)17-13(18)10-5-6-12(15)21-10/h3-7H,1-2H3,(H2,16,17,18,22). The summed E-state index contributed by atoms with van der Waals surface area (Å²) in [6.45, 7) is 0. The topological polar surface area (TPSA) is 72.7 Å². The second kappa shape index (κ2) is 7.28. The summed E-state index contributed by atoms with van der Waals surface area (Å²) in [7, 11) is 3.09. The lowest BCUT2D eigenvalue weighted by Crippen LogP contribution is -2.33. The second-order valence-electron chi connectivity index (χ2n) is 4.08. The van der Waals surface area contributed by atoms with Gasteiger partial charge in [0.2, 0.25) is 0 Å². The lowest BCUT2D eigenvalue weighted by atomic mass is 10.3. The summed E-state index contributed by atoms with van der Waals surface area (Å²) in [6, 6.07) is 8.36. The van der Waals surface area contributed by atoms with E-state index in [0.717, 1.165) is 0 Å². The minimum absolute atomic E-state index is 0.143. The monoisotopic (exact) mass is 384 g/mol. The van der Waals surface area contributed by atoms with Gasteiger partial charge in [-0.15, -0.1) is 0 Å². The second-order valence-corrected chi connectivity index (χ2v) is 5.27. The van der Waals surface area contributed by atoms with E-state index in [1.54, 1.807) is 37.4 Å². The Labute approximate surface area is 140 Å². The molecule has 0 aliphatic heterocycles. The fourth-order valence-corrected chi connectivity index (χ4v) is 2.19. The van der Waals surface area contributed by atoms with Gasteiger partial charge in [0, 0.05) is 11.8 Å². The number of furan rings is 1. The molecule has 0 saturated heterocycles. The van der Waals surface area contributed by atoms with E-state index in [1.165, 1.54) is 7.11 Å². The minimum atomic E-state index is -0.441. The fourth-order valence-electron chi connectivity index (χ4n) is 1.68. The van der Waals surface area contributed by atoms with Crippen LogP contribution in [-0.2, 0) is 0 Å². The van der Waals surface area contributed by atoms with Gasteiger partial charge in [-0.1, -0.05) is 0 Å². The molecule has 0 aliphatic rings. The fraction of sp³-hybridized carbons (Fsp3) is 0.143. The Hall–Kier alpha value is -2.06. The van der Waals surface area contributed by atoms with E-state index >= 15 is 0 Å². The number of nitrogens with one attached hydrogen (secondary N) is 2. The predicted molar refractivity (Wildman–Crippen MR) is 89.6 cm³/mol. The average Bonchev–Trinajstić information content (AvgIpc) is 2.93. The van der Waals surface area contributed by atoms with Crippen molar-refractivity contribution in [2.75, 3.05) is 19.5 Å². The van der Waals surface area contributed by atoms with Gasteiger partial charge in [-0.25, -0.2) is 0 Å². The van der Waals surface area contributed by atoms with E-state index in [-0.39, 0.29) is 10.9 Å². The minimum Gasteiger partial charge on any atom is -0.493 e. The van der Waals surface area contributed by atoms with Crippen molar-refractivity contribution in [2.45, 2.75) is 0 Å². The molecule has 116 valence electrons. The highest BCUT2D eigenvalue weighted by Gasteiger charge is 2.12. The number of ether oxygens (including phenoxy) is 2. The molecule has 0 saturated carbocycles. The molecule has 6 nitrogen and oxygen atoms in total. The molecule has 0 bridgehead atoms. The molecule has 0 fully saturated rings. The highest BCUT2D eigenvalue weighted by atomic mass is 79.9. The van der Waals surface area contributed by atoms with Gasteiger partial charge >= 0.3 is 0 Å². The molecule has 22 heavy (non-hydrogen) atoms. The Morgan fingerprint density at radius 3 is 2.50 bits per heavy atom. The summed E-state index contributed by atoms with van der Waals surface area (Å²) in [5.41, 5.74) is 0.656. The number of carbonyl (C=O) groups excluding carboxylic acids is 1. The van der Waals surface area contributed by atoms with E-state index in [1.807, 2.05) is 0 Å². The normalized spacial score (nSPS) is 9.95. The SMILES string of the molecule is COc1ccc(NC(=S)NC(=O)c2ccc(Br)o2)cc1OC. The number of methoxy groups -OCH3 is 2. The number of halogens is 1. The lowest BCUT2D eigenvalue weighted by molar-refractivity contribution is 0.0949. The summed E-state index contributed by atoms with van der Waals surface area (Å²) in [6.07, 6.45) is 0. The first-order valence-corrected chi connectivity index (χ1v) is 7.33. The Balaban J connectivity index is 2.01. The van der Waals surface area contributed by atoms with Gasteiger partial charge < -0.3 is 19.2 Å². The highest BCUT2D eigenvalue weighted by Crippen LogP contribution is 2.29. The maximum Gasteiger partial charge on any atom is 0.293 e. The van der Waals surface area contributed by atoms with E-state index < -0.39 is 5.91 Å². The smallest absolute Gasteiger partial charge is 0.293 e. The summed E-state index contributed by atoms with van der Waals surface area (Å²) < 4.78 is 16.0. The number of anilines is 1. The number of rotatable bonds is 4. The van der Waals surface area contributed by atoms with Crippen LogP contribution in [0, 0.1) is 0 Å². The number of amides is 1. The first-order valence-electron chi connectivity index (χ1n) is 6.13. The number of hydrogen-bond acceptors (Lipinski definition) is 5. The number of thiocarbonyl (C=S) groups is 1. The molecule has 0 aliphatic carbocycles. The maximum atomic E-state index is 11.9. The average molecular weight is 385 g/mol. The van der Waals surface area contributed by atoms with Gasteiger partial charge in [-0.2, -0.15) is 0 Å². The zero-order chi connectivity index (χ0) is 16.1. The van der Waals surface area contributed by atoms with Gasteiger partial charge in [0.05, 0.1) is 14.2 Å². The van der Waals surface area contributed by atoms with Gasteiger partial charge in [0.15, 0.2) is 27.0 Å². The van der Waals surface area contributed by atoms with Crippen molar-refractivity contribution in [3.63, 3.8) is 0 Å². The summed E-state index contributed by atoms with van der Waals surface area (Å²) in [5, 5.41) is 5.55. The van der Waals surface area contributed by atoms with Gasteiger partial charge in [0.25, 0.3) is 5.91 Å². The molecule has 0 atom stereocenters. The van der Waals surface area contributed by atoms with Crippen LogP contribution in [0.3, 0.4) is 0 Å². The van der Waals surface area contributed by atoms with E-state index in [0.29, 0.717) is 21.9 Å². The quantitative estimate of drug-likeness (QED) is 0.788. The van der Waals surface area contributed by atoms with E-state index in [9.17, 15) is 4.79 Å². The molecule has 1 aromatic carbocycles. The molecule has 0 spiro atoms. The summed E-state index contributed by atoms with van der Waals surface area (Å²) in [4.78, 5) is 11.9. The Morgan fingerprint density at radius 2 is 1.91 bits per heavy atom. The molecule has 2 N–H and O–H groups in total. The molecule has 2 rings (SSSR count). The molecule has 1 aromatic heterocycles. The zero-order valence-electron chi connectivity index (χ0n) is 11.8. The molecule has 0 unspecified atom stereocenters. The van der Waals surface area contributed by atoms with Crippen LogP contribution in [0.15, 0.2) is 39.4 Å². The third kappa shape index (κ3) is 3.99. The largest absolute Gasteiger partial charge is 0.493 e. The van der Waals surface area contributed by atoms with Crippen molar-refractivity contribution in [2.24, 2.45) is 0 Å². The predicted octanol–water partition coefficient (Wildman–Crippen LogP) is 3.19. The van der Waals surface area contributed by atoms with Crippen molar-refractivity contribution in [1.82, 2.24) is 5.32 Å². The Kier molecular flexibility index (Phi) is 5.40. The van der Waals surface area contributed by atoms with Crippen LogP contribution in [0.4, 0.5) is 5.69 Å². The zero-order valence-corrected chi connectivity index (χ0v) is 14.2. The lowest BCUT2D eigenvalue weighted by Gasteiger charge is -2.12. The van der Waals surface area contributed by atoms with Gasteiger partial charge in [-0.05, 0) is 52.4 Å². The first-order chi connectivity index (χ1) is 10.5. The third-order valence-electron chi connectivity index (χ3n) is 2.67. The van der Waals surface area contributed by atoms with Gasteiger partial charge in [0.1, 0.15) is 0 Å². The Bertz CT molecular complexity index is 702. The van der Waals surface area contributed by atoms with Crippen molar-refractivity contribution in [1.29, 1.82) is 0 Å². The molecular weight excluding hydrogens is 372 g/mol.